The van der Waals surface area contributed by atoms with Gasteiger partial charge in [-0.25, -0.2) is 9.97 Å². The first-order valence-corrected chi connectivity index (χ1v) is 6.11. The Morgan fingerprint density at radius 1 is 1.38 bits per heavy atom. The van der Waals surface area contributed by atoms with Gasteiger partial charge in [-0.15, -0.1) is 0 Å². The summed E-state index contributed by atoms with van der Waals surface area (Å²) in [5, 5.41) is 1.21. The zero-order valence-corrected chi connectivity index (χ0v) is 9.61. The first kappa shape index (κ1) is 9.82. The van der Waals surface area contributed by atoms with Crippen molar-refractivity contribution >= 4 is 11.0 Å². The number of nitrogens with zero attached hydrogens (tertiary/aromatic N) is 2. The van der Waals surface area contributed by atoms with Gasteiger partial charge in [-0.3, -0.25) is 0 Å². The summed E-state index contributed by atoms with van der Waals surface area (Å²) in [7, 11) is 0. The van der Waals surface area contributed by atoms with Crippen molar-refractivity contribution < 1.29 is 0 Å². The molecule has 16 heavy (non-hydrogen) atoms. The molecule has 2 heterocycles. The van der Waals surface area contributed by atoms with Crippen LogP contribution in [0.4, 0.5) is 0 Å². The number of fused-ring (bicyclic) bond motifs is 1. The number of H-pyrrole nitrogens is 1. The molecule has 2 aromatic rings. The second-order valence-electron chi connectivity index (χ2n) is 5.00. The van der Waals surface area contributed by atoms with E-state index in [-0.39, 0.29) is 0 Å². The summed E-state index contributed by atoms with van der Waals surface area (Å²) in [5.41, 5.74) is 2.39. The molecule has 0 spiro atoms. The highest BCUT2D eigenvalue weighted by molar-refractivity contribution is 5.79. The van der Waals surface area contributed by atoms with Crippen molar-refractivity contribution in [1.82, 2.24) is 15.0 Å². The normalized spacial score (nSPS) is 26.1. The highest BCUT2D eigenvalue weighted by Gasteiger charge is 2.22. The maximum absolute atomic E-state index is 4.25. The summed E-state index contributed by atoms with van der Waals surface area (Å²) in [4.78, 5) is 11.6. The summed E-state index contributed by atoms with van der Waals surface area (Å²) >= 11 is 0. The third-order valence-electron chi connectivity index (χ3n) is 3.76. The first-order chi connectivity index (χ1) is 7.84. The molecular formula is C13H17N3. The van der Waals surface area contributed by atoms with E-state index in [1.54, 1.807) is 6.33 Å². The molecule has 1 aliphatic rings. The molecular weight excluding hydrogens is 198 g/mol. The minimum absolute atomic E-state index is 0.698. The minimum Gasteiger partial charge on any atom is -0.346 e. The smallest absolute Gasteiger partial charge is 0.140 e. The van der Waals surface area contributed by atoms with Crippen LogP contribution in [0.25, 0.3) is 11.0 Å². The van der Waals surface area contributed by atoms with Crippen LogP contribution in [0.3, 0.4) is 0 Å². The van der Waals surface area contributed by atoms with Crippen LogP contribution in [0.2, 0.25) is 0 Å². The third-order valence-corrected chi connectivity index (χ3v) is 3.76. The second kappa shape index (κ2) is 3.89. The molecule has 1 aliphatic carbocycles. The van der Waals surface area contributed by atoms with E-state index >= 15 is 0 Å². The Morgan fingerprint density at radius 3 is 3.19 bits per heavy atom. The quantitative estimate of drug-likeness (QED) is 0.793. The predicted octanol–water partition coefficient (Wildman–Crippen LogP) is 3.25. The maximum atomic E-state index is 4.25. The molecule has 1 saturated carbocycles. The lowest BCUT2D eigenvalue weighted by molar-refractivity contribution is 0.345. The van der Waals surface area contributed by atoms with Crippen molar-refractivity contribution in [2.45, 2.75) is 38.5 Å². The molecule has 3 nitrogen and oxygen atoms in total. The molecule has 0 aliphatic heterocycles. The van der Waals surface area contributed by atoms with Crippen LogP contribution in [0.1, 0.15) is 44.1 Å². The molecule has 3 heteroatoms. The van der Waals surface area contributed by atoms with Gasteiger partial charge in [0.2, 0.25) is 0 Å². The Morgan fingerprint density at radius 2 is 2.31 bits per heavy atom. The number of nitrogens with one attached hydrogen (secondary N) is 1. The van der Waals surface area contributed by atoms with E-state index in [1.165, 1.54) is 36.6 Å². The molecule has 0 saturated heterocycles. The van der Waals surface area contributed by atoms with Gasteiger partial charge in [0, 0.05) is 17.8 Å². The molecule has 2 atom stereocenters. The monoisotopic (exact) mass is 215 g/mol. The molecule has 1 fully saturated rings. The van der Waals surface area contributed by atoms with Crippen LogP contribution in [-0.4, -0.2) is 15.0 Å². The van der Waals surface area contributed by atoms with Crippen LogP contribution in [0.15, 0.2) is 18.7 Å². The fourth-order valence-corrected chi connectivity index (χ4v) is 2.93. The van der Waals surface area contributed by atoms with Gasteiger partial charge in [-0.2, -0.15) is 0 Å². The summed E-state index contributed by atoms with van der Waals surface area (Å²) in [5.74, 6) is 1.55. The topological polar surface area (TPSA) is 41.6 Å². The average molecular weight is 215 g/mol. The lowest BCUT2D eigenvalue weighted by atomic mass is 9.79. The Kier molecular flexibility index (Phi) is 2.39. The van der Waals surface area contributed by atoms with E-state index in [1.807, 2.05) is 6.20 Å². The van der Waals surface area contributed by atoms with Crippen molar-refractivity contribution in [2.75, 3.05) is 0 Å². The van der Waals surface area contributed by atoms with E-state index in [4.69, 9.17) is 0 Å². The third kappa shape index (κ3) is 1.60. The Labute approximate surface area is 95.3 Å². The highest BCUT2D eigenvalue weighted by Crippen LogP contribution is 2.38. The zero-order chi connectivity index (χ0) is 11.0. The van der Waals surface area contributed by atoms with Gasteiger partial charge >= 0.3 is 0 Å². The van der Waals surface area contributed by atoms with E-state index in [0.29, 0.717) is 5.92 Å². The van der Waals surface area contributed by atoms with Crippen molar-refractivity contribution in [2.24, 2.45) is 5.92 Å². The van der Waals surface area contributed by atoms with Crippen LogP contribution in [-0.2, 0) is 0 Å². The maximum Gasteiger partial charge on any atom is 0.140 e. The van der Waals surface area contributed by atoms with Gasteiger partial charge in [-0.05, 0) is 30.2 Å². The van der Waals surface area contributed by atoms with E-state index in [9.17, 15) is 0 Å². The van der Waals surface area contributed by atoms with Gasteiger partial charge < -0.3 is 4.98 Å². The summed E-state index contributed by atoms with van der Waals surface area (Å²) < 4.78 is 0. The van der Waals surface area contributed by atoms with Crippen LogP contribution < -0.4 is 0 Å². The molecule has 2 aromatic heterocycles. The van der Waals surface area contributed by atoms with Crippen LogP contribution >= 0.6 is 0 Å². The molecule has 0 aromatic carbocycles. The Balaban J connectivity index is 1.99. The average Bonchev–Trinajstić information content (AvgIpc) is 2.72. The fraction of sp³-hybridized carbons (Fsp3) is 0.538. The van der Waals surface area contributed by atoms with Gasteiger partial charge in [0.15, 0.2) is 0 Å². The van der Waals surface area contributed by atoms with Gasteiger partial charge in [0.05, 0.1) is 0 Å². The van der Waals surface area contributed by atoms with E-state index in [2.05, 4.69) is 28.1 Å². The minimum atomic E-state index is 0.698. The Hall–Kier alpha value is -1.38. The van der Waals surface area contributed by atoms with Crippen molar-refractivity contribution in [1.29, 1.82) is 0 Å². The lowest BCUT2D eigenvalue weighted by Gasteiger charge is -2.26. The summed E-state index contributed by atoms with van der Waals surface area (Å²) in [6.07, 6.45) is 11.0. The number of hydrogen-bond acceptors (Lipinski definition) is 2. The molecule has 1 N–H and O–H groups in total. The SMILES string of the molecule is C[C@@H]1CCCC(c2c[nH]c3ncncc23)C1. The van der Waals surface area contributed by atoms with Gasteiger partial charge in [0.25, 0.3) is 0 Å². The van der Waals surface area contributed by atoms with Gasteiger partial charge in [-0.1, -0.05) is 19.8 Å². The van der Waals surface area contributed by atoms with Crippen molar-refractivity contribution in [3.63, 3.8) is 0 Å². The highest BCUT2D eigenvalue weighted by atomic mass is 14.9. The Bertz CT molecular complexity index is 489. The molecule has 84 valence electrons. The number of aromatic nitrogens is 3. The second-order valence-corrected chi connectivity index (χ2v) is 5.00. The fourth-order valence-electron chi connectivity index (χ4n) is 2.93. The number of rotatable bonds is 1. The molecule has 0 bridgehead atoms. The van der Waals surface area contributed by atoms with E-state index < -0.39 is 0 Å². The van der Waals surface area contributed by atoms with Crippen molar-refractivity contribution in [3.05, 3.63) is 24.3 Å². The summed E-state index contributed by atoms with van der Waals surface area (Å²) in [6.45, 7) is 2.36. The summed E-state index contributed by atoms with van der Waals surface area (Å²) in [6, 6.07) is 0. The lowest BCUT2D eigenvalue weighted by Crippen LogP contribution is -2.11. The molecule has 0 amide bonds. The number of aromatic amines is 1. The van der Waals surface area contributed by atoms with Crippen LogP contribution in [0, 0.1) is 5.92 Å². The standard InChI is InChI=1S/C13H17N3/c1-9-3-2-4-10(5-9)11-7-15-13-12(11)6-14-8-16-13/h6-10H,2-5H2,1H3,(H,14,15,16)/t9-,10?/m1/s1. The van der Waals surface area contributed by atoms with Gasteiger partial charge in [0.1, 0.15) is 12.0 Å². The first-order valence-electron chi connectivity index (χ1n) is 6.11. The largest absolute Gasteiger partial charge is 0.346 e. The van der Waals surface area contributed by atoms with Crippen molar-refractivity contribution in [3.8, 4) is 0 Å². The molecule has 1 unspecified atom stereocenters. The predicted molar refractivity (Wildman–Crippen MR) is 64.3 cm³/mol. The van der Waals surface area contributed by atoms with Crippen LogP contribution in [0.5, 0.6) is 0 Å². The van der Waals surface area contributed by atoms with E-state index in [0.717, 1.165) is 11.6 Å². The molecule has 0 radical (unpaired) electrons. The molecule has 3 rings (SSSR count). The number of hydrogen-bond donors (Lipinski definition) is 1. The zero-order valence-electron chi connectivity index (χ0n) is 9.61.